The number of hydrogen-bond donors (Lipinski definition) is 1. The molecule has 4 heterocycles. The van der Waals surface area contributed by atoms with Crippen molar-refractivity contribution in [2.45, 2.75) is 13.8 Å². The van der Waals surface area contributed by atoms with Gasteiger partial charge in [0.1, 0.15) is 0 Å². The van der Waals surface area contributed by atoms with Crippen LogP contribution < -0.4 is 4.90 Å². The summed E-state index contributed by atoms with van der Waals surface area (Å²) in [5.74, 6) is 0.829. The van der Waals surface area contributed by atoms with E-state index in [2.05, 4.69) is 54.1 Å². The van der Waals surface area contributed by atoms with Crippen molar-refractivity contribution >= 4 is 16.7 Å². The average molecular weight is 373 g/mol. The summed E-state index contributed by atoms with van der Waals surface area (Å²) < 4.78 is 7.40. The van der Waals surface area contributed by atoms with Crippen LogP contribution in [0.5, 0.6) is 0 Å². The minimum absolute atomic E-state index is 0.748. The zero-order chi connectivity index (χ0) is 19.1. The molecule has 1 saturated heterocycles. The molecule has 0 bridgehead atoms. The zero-order valence-electron chi connectivity index (χ0n) is 16.1. The maximum Gasteiger partial charge on any atom is 0.156 e. The number of H-pyrrole nitrogens is 1. The van der Waals surface area contributed by atoms with Gasteiger partial charge in [0.15, 0.2) is 5.82 Å². The molecule has 0 saturated carbocycles. The molecule has 0 unspecified atom stereocenters. The van der Waals surface area contributed by atoms with Crippen molar-refractivity contribution in [1.82, 2.24) is 19.7 Å². The summed E-state index contributed by atoms with van der Waals surface area (Å²) in [7, 11) is 0. The Labute approximate surface area is 163 Å². The van der Waals surface area contributed by atoms with Crippen molar-refractivity contribution in [3.8, 4) is 17.1 Å². The van der Waals surface area contributed by atoms with E-state index in [0.29, 0.717) is 0 Å². The topological polar surface area (TPSA) is 59.0 Å². The zero-order valence-corrected chi connectivity index (χ0v) is 16.1. The number of aryl methyl sites for hydroxylation is 2. The van der Waals surface area contributed by atoms with E-state index < -0.39 is 0 Å². The Balaban J connectivity index is 1.60. The second-order valence-corrected chi connectivity index (χ2v) is 7.31. The lowest BCUT2D eigenvalue weighted by atomic mass is 10.1. The van der Waals surface area contributed by atoms with Crippen LogP contribution in [0.15, 0.2) is 48.8 Å². The number of rotatable bonds is 3. The Hall–Kier alpha value is -3.12. The standard InChI is InChI=1S/C22H23N5O/c1-15-4-3-5-17(12-15)18-6-7-27(25-18)20-13-19(26-8-10-28-11-9-26)22-21(24-20)16(2)14-23-22/h3-7,12-14,23H,8-11H2,1-2H3. The third-order valence-corrected chi connectivity index (χ3v) is 5.28. The highest BCUT2D eigenvalue weighted by Gasteiger charge is 2.18. The molecular weight excluding hydrogens is 350 g/mol. The van der Waals surface area contributed by atoms with Crippen LogP contribution in [-0.2, 0) is 4.74 Å². The molecule has 0 atom stereocenters. The Morgan fingerprint density at radius 2 is 1.93 bits per heavy atom. The van der Waals surface area contributed by atoms with E-state index in [1.54, 1.807) is 0 Å². The van der Waals surface area contributed by atoms with Crippen LogP contribution in [0.25, 0.3) is 28.1 Å². The third-order valence-electron chi connectivity index (χ3n) is 5.28. The molecule has 1 aromatic carbocycles. The van der Waals surface area contributed by atoms with Gasteiger partial charge in [0, 0.05) is 37.1 Å². The van der Waals surface area contributed by atoms with Gasteiger partial charge in [-0.15, -0.1) is 0 Å². The highest BCUT2D eigenvalue weighted by molar-refractivity contribution is 5.92. The summed E-state index contributed by atoms with van der Waals surface area (Å²) in [4.78, 5) is 10.7. The Morgan fingerprint density at radius 3 is 2.75 bits per heavy atom. The molecule has 0 spiro atoms. The number of fused-ring (bicyclic) bond motifs is 1. The summed E-state index contributed by atoms with van der Waals surface area (Å²) >= 11 is 0. The number of benzene rings is 1. The van der Waals surface area contributed by atoms with Gasteiger partial charge in [-0.3, -0.25) is 0 Å². The molecular formula is C22H23N5O. The first-order valence-corrected chi connectivity index (χ1v) is 9.63. The van der Waals surface area contributed by atoms with E-state index in [-0.39, 0.29) is 0 Å². The predicted octanol–water partition coefficient (Wildman–Crippen LogP) is 3.87. The second-order valence-electron chi connectivity index (χ2n) is 7.31. The van der Waals surface area contributed by atoms with Crippen LogP contribution in [0.2, 0.25) is 0 Å². The number of nitrogens with zero attached hydrogens (tertiary/aromatic N) is 4. The predicted molar refractivity (Wildman–Crippen MR) is 111 cm³/mol. The van der Waals surface area contributed by atoms with Gasteiger partial charge in [-0.2, -0.15) is 5.10 Å². The summed E-state index contributed by atoms with van der Waals surface area (Å²) in [6.45, 7) is 7.43. The van der Waals surface area contributed by atoms with E-state index in [1.807, 2.05) is 23.1 Å². The maximum absolute atomic E-state index is 5.53. The quantitative estimate of drug-likeness (QED) is 0.592. The van der Waals surface area contributed by atoms with Crippen molar-refractivity contribution in [3.63, 3.8) is 0 Å². The van der Waals surface area contributed by atoms with E-state index >= 15 is 0 Å². The van der Waals surface area contributed by atoms with Gasteiger partial charge in [-0.05, 0) is 31.5 Å². The highest BCUT2D eigenvalue weighted by Crippen LogP contribution is 2.30. The van der Waals surface area contributed by atoms with Crippen molar-refractivity contribution in [1.29, 1.82) is 0 Å². The van der Waals surface area contributed by atoms with Crippen LogP contribution in [0.1, 0.15) is 11.1 Å². The largest absolute Gasteiger partial charge is 0.378 e. The third kappa shape index (κ3) is 2.96. The van der Waals surface area contributed by atoms with Gasteiger partial charge in [0.2, 0.25) is 0 Å². The summed E-state index contributed by atoms with van der Waals surface area (Å²) in [6, 6.07) is 12.6. The fourth-order valence-corrected chi connectivity index (χ4v) is 3.78. The minimum Gasteiger partial charge on any atom is -0.378 e. The normalized spacial score (nSPS) is 14.7. The van der Waals surface area contributed by atoms with Crippen LogP contribution >= 0.6 is 0 Å². The van der Waals surface area contributed by atoms with E-state index in [4.69, 9.17) is 14.8 Å². The SMILES string of the molecule is Cc1cccc(-c2ccn(-c3cc(N4CCOCC4)c4[nH]cc(C)c4n3)n2)c1. The number of morpholine rings is 1. The highest BCUT2D eigenvalue weighted by atomic mass is 16.5. The molecule has 142 valence electrons. The fourth-order valence-electron chi connectivity index (χ4n) is 3.78. The molecule has 28 heavy (non-hydrogen) atoms. The number of nitrogens with one attached hydrogen (secondary N) is 1. The van der Waals surface area contributed by atoms with E-state index in [1.165, 1.54) is 5.56 Å². The molecule has 1 N–H and O–H groups in total. The first-order valence-electron chi connectivity index (χ1n) is 9.63. The Morgan fingerprint density at radius 1 is 1.07 bits per heavy atom. The van der Waals surface area contributed by atoms with Gasteiger partial charge in [0.05, 0.1) is 35.6 Å². The molecule has 3 aromatic heterocycles. The fraction of sp³-hybridized carbons (Fsp3) is 0.273. The number of aromatic amines is 1. The lowest BCUT2D eigenvalue weighted by molar-refractivity contribution is 0.123. The van der Waals surface area contributed by atoms with Gasteiger partial charge >= 0.3 is 0 Å². The summed E-state index contributed by atoms with van der Waals surface area (Å²) in [5.41, 5.74) is 7.65. The maximum atomic E-state index is 5.53. The molecule has 1 aliphatic rings. The first kappa shape index (κ1) is 17.0. The van der Waals surface area contributed by atoms with Gasteiger partial charge in [0.25, 0.3) is 0 Å². The molecule has 5 rings (SSSR count). The molecule has 1 aliphatic heterocycles. The Kier molecular flexibility index (Phi) is 4.13. The number of pyridine rings is 1. The molecule has 1 fully saturated rings. The molecule has 6 nitrogen and oxygen atoms in total. The number of ether oxygens (including phenoxy) is 1. The van der Waals surface area contributed by atoms with Crippen LogP contribution in [0.3, 0.4) is 0 Å². The Bertz CT molecular complexity index is 1140. The smallest absolute Gasteiger partial charge is 0.156 e. The number of hydrogen-bond acceptors (Lipinski definition) is 4. The van der Waals surface area contributed by atoms with Gasteiger partial charge < -0.3 is 14.6 Å². The first-order chi connectivity index (χ1) is 13.7. The van der Waals surface area contributed by atoms with Crippen molar-refractivity contribution < 1.29 is 4.74 Å². The van der Waals surface area contributed by atoms with E-state index in [9.17, 15) is 0 Å². The van der Waals surface area contributed by atoms with E-state index in [0.717, 1.165) is 65.7 Å². The lowest BCUT2D eigenvalue weighted by Crippen LogP contribution is -2.36. The van der Waals surface area contributed by atoms with Crippen LogP contribution in [0.4, 0.5) is 5.69 Å². The van der Waals surface area contributed by atoms with Gasteiger partial charge in [-0.25, -0.2) is 9.67 Å². The minimum atomic E-state index is 0.748. The molecule has 6 heteroatoms. The molecule has 0 radical (unpaired) electrons. The average Bonchev–Trinajstić information content (AvgIpc) is 3.36. The monoisotopic (exact) mass is 373 g/mol. The molecule has 4 aromatic rings. The lowest BCUT2D eigenvalue weighted by Gasteiger charge is -2.29. The molecule has 0 aliphatic carbocycles. The van der Waals surface area contributed by atoms with Gasteiger partial charge in [-0.1, -0.05) is 23.8 Å². The van der Waals surface area contributed by atoms with Crippen molar-refractivity contribution in [2.75, 3.05) is 31.2 Å². The van der Waals surface area contributed by atoms with Crippen LogP contribution in [0, 0.1) is 13.8 Å². The number of anilines is 1. The second kappa shape index (κ2) is 6.80. The van der Waals surface area contributed by atoms with Crippen LogP contribution in [-0.4, -0.2) is 46.1 Å². The number of aromatic nitrogens is 4. The van der Waals surface area contributed by atoms with Crippen molar-refractivity contribution in [2.24, 2.45) is 0 Å². The van der Waals surface area contributed by atoms with Crippen molar-refractivity contribution in [3.05, 3.63) is 59.9 Å². The molecule has 0 amide bonds. The summed E-state index contributed by atoms with van der Waals surface area (Å²) in [5, 5.41) is 4.80. The summed E-state index contributed by atoms with van der Waals surface area (Å²) in [6.07, 6.45) is 4.00.